The third kappa shape index (κ3) is 2.68. The summed E-state index contributed by atoms with van der Waals surface area (Å²) in [7, 11) is 0. The average molecular weight is 413 g/mol. The fourth-order valence-corrected chi connectivity index (χ4v) is 5.61. The molecule has 0 aliphatic heterocycles. The molecule has 0 saturated heterocycles. The number of rotatable bonds is 1. The van der Waals surface area contributed by atoms with Crippen LogP contribution >= 0.6 is 0 Å². The number of hydrogen-bond acceptors (Lipinski definition) is 1. The van der Waals surface area contributed by atoms with Gasteiger partial charge in [0.1, 0.15) is 11.2 Å². The molecule has 1 heteroatoms. The zero-order chi connectivity index (χ0) is 23.1. The van der Waals surface area contributed by atoms with E-state index in [0.717, 1.165) is 11.2 Å². The Bertz CT molecular complexity index is 1390. The van der Waals surface area contributed by atoms with E-state index in [1.807, 2.05) is 0 Å². The Hall–Kier alpha value is -2.54. The predicted octanol–water partition coefficient (Wildman–Crippen LogP) is 8.95. The lowest BCUT2D eigenvalue weighted by molar-refractivity contribution is 0.661. The Morgan fingerprint density at radius 3 is 1.10 bits per heavy atom. The molecule has 1 aromatic heterocycles. The molecule has 0 aliphatic rings. The Kier molecular flexibility index (Phi) is 4.89. The zero-order valence-corrected chi connectivity index (χ0v) is 21.4. The van der Waals surface area contributed by atoms with Gasteiger partial charge in [0, 0.05) is 16.3 Å². The summed E-state index contributed by atoms with van der Waals surface area (Å²) in [6.07, 6.45) is 0. The molecular formula is C30H36O. The molecule has 1 heterocycles. The molecule has 0 amide bonds. The highest BCUT2D eigenvalue weighted by molar-refractivity contribution is 6.13. The second-order valence-electron chi connectivity index (χ2n) is 9.76. The number of hydrogen-bond donors (Lipinski definition) is 0. The highest BCUT2D eigenvalue weighted by Gasteiger charge is 2.25. The molecule has 0 radical (unpaired) electrons. The number of fused-ring (bicyclic) bond motifs is 3. The Balaban J connectivity index is 2.27. The van der Waals surface area contributed by atoms with Crippen LogP contribution in [0.1, 0.15) is 66.8 Å². The van der Waals surface area contributed by atoms with Gasteiger partial charge in [0.05, 0.1) is 0 Å². The quantitative estimate of drug-likeness (QED) is 0.304. The summed E-state index contributed by atoms with van der Waals surface area (Å²) in [5.41, 5.74) is 21.2. The summed E-state index contributed by atoms with van der Waals surface area (Å²) >= 11 is 0. The first-order chi connectivity index (χ1) is 14.4. The molecular weight excluding hydrogens is 376 g/mol. The SMILES string of the molecule is Cc1c(C)c(C)c(-c2c(C)c(C)c3c(oc4c(C)c(C)c(C)c(C)c43)c2C)c(C)c1C. The summed E-state index contributed by atoms with van der Waals surface area (Å²) in [5.74, 6) is 0. The molecule has 0 fully saturated rings. The molecule has 0 saturated carbocycles. The van der Waals surface area contributed by atoms with Gasteiger partial charge in [-0.3, -0.25) is 0 Å². The van der Waals surface area contributed by atoms with Crippen molar-refractivity contribution in [3.05, 3.63) is 66.8 Å². The van der Waals surface area contributed by atoms with Crippen molar-refractivity contribution in [3.63, 3.8) is 0 Å². The van der Waals surface area contributed by atoms with Crippen LogP contribution in [0.3, 0.4) is 0 Å². The van der Waals surface area contributed by atoms with Gasteiger partial charge in [0.15, 0.2) is 0 Å². The first kappa shape index (κ1) is 21.7. The number of furan rings is 1. The number of benzene rings is 3. The maximum atomic E-state index is 6.69. The fraction of sp³-hybridized carbons (Fsp3) is 0.400. The van der Waals surface area contributed by atoms with Crippen LogP contribution in [0.5, 0.6) is 0 Å². The van der Waals surface area contributed by atoms with E-state index in [-0.39, 0.29) is 0 Å². The Labute approximate surface area is 187 Å². The lowest BCUT2D eigenvalue weighted by Gasteiger charge is -2.23. The predicted molar refractivity (Wildman–Crippen MR) is 136 cm³/mol. The molecule has 162 valence electrons. The van der Waals surface area contributed by atoms with Crippen molar-refractivity contribution < 1.29 is 4.42 Å². The molecule has 0 bridgehead atoms. The highest BCUT2D eigenvalue weighted by atomic mass is 16.3. The number of aryl methyl sites for hydroxylation is 4. The van der Waals surface area contributed by atoms with Crippen molar-refractivity contribution in [2.45, 2.75) is 83.1 Å². The lowest BCUT2D eigenvalue weighted by atomic mass is 9.81. The minimum atomic E-state index is 1.05. The van der Waals surface area contributed by atoms with Crippen molar-refractivity contribution in [2.75, 3.05) is 0 Å². The van der Waals surface area contributed by atoms with Gasteiger partial charge in [-0.25, -0.2) is 0 Å². The third-order valence-electron chi connectivity index (χ3n) is 8.59. The van der Waals surface area contributed by atoms with Crippen LogP contribution in [0.2, 0.25) is 0 Å². The van der Waals surface area contributed by atoms with E-state index in [0.29, 0.717) is 0 Å². The lowest BCUT2D eigenvalue weighted by Crippen LogP contribution is -2.03. The van der Waals surface area contributed by atoms with E-state index in [1.165, 1.54) is 88.7 Å². The van der Waals surface area contributed by atoms with Gasteiger partial charge in [0.2, 0.25) is 0 Å². The summed E-state index contributed by atoms with van der Waals surface area (Å²) in [4.78, 5) is 0. The van der Waals surface area contributed by atoms with Gasteiger partial charge in [-0.1, -0.05) is 0 Å². The molecule has 4 aromatic rings. The normalized spacial score (nSPS) is 11.9. The van der Waals surface area contributed by atoms with Crippen molar-refractivity contribution in [1.29, 1.82) is 0 Å². The van der Waals surface area contributed by atoms with E-state index >= 15 is 0 Å². The van der Waals surface area contributed by atoms with Crippen LogP contribution < -0.4 is 0 Å². The highest BCUT2D eigenvalue weighted by Crippen LogP contribution is 2.46. The summed E-state index contributed by atoms with van der Waals surface area (Å²) in [6.45, 7) is 27.1. The van der Waals surface area contributed by atoms with Crippen molar-refractivity contribution in [3.8, 4) is 11.1 Å². The fourth-order valence-electron chi connectivity index (χ4n) is 5.61. The second-order valence-corrected chi connectivity index (χ2v) is 9.76. The van der Waals surface area contributed by atoms with Crippen molar-refractivity contribution in [1.82, 2.24) is 0 Å². The Morgan fingerprint density at radius 2 is 0.581 bits per heavy atom. The molecule has 1 nitrogen and oxygen atoms in total. The smallest absolute Gasteiger partial charge is 0.139 e. The van der Waals surface area contributed by atoms with Gasteiger partial charge in [-0.2, -0.15) is 0 Å². The van der Waals surface area contributed by atoms with E-state index in [9.17, 15) is 0 Å². The van der Waals surface area contributed by atoms with Crippen LogP contribution in [0.15, 0.2) is 4.42 Å². The maximum Gasteiger partial charge on any atom is 0.139 e. The molecule has 0 spiro atoms. The van der Waals surface area contributed by atoms with Crippen molar-refractivity contribution in [2.24, 2.45) is 0 Å². The van der Waals surface area contributed by atoms with Crippen LogP contribution in [0.25, 0.3) is 33.1 Å². The molecule has 0 aliphatic carbocycles. The van der Waals surface area contributed by atoms with Gasteiger partial charge in [-0.05, 0) is 155 Å². The zero-order valence-electron chi connectivity index (χ0n) is 21.4. The van der Waals surface area contributed by atoms with E-state index in [1.54, 1.807) is 0 Å². The van der Waals surface area contributed by atoms with E-state index in [2.05, 4.69) is 83.1 Å². The second kappa shape index (κ2) is 6.99. The van der Waals surface area contributed by atoms with Gasteiger partial charge in [-0.15, -0.1) is 0 Å². The van der Waals surface area contributed by atoms with Crippen LogP contribution in [-0.2, 0) is 0 Å². The average Bonchev–Trinajstić information content (AvgIpc) is 3.15. The minimum absolute atomic E-state index is 1.05. The van der Waals surface area contributed by atoms with E-state index in [4.69, 9.17) is 4.42 Å². The standard InChI is InChI=1S/C30H36O/c1-13-14(2)18(6)25(19(7)15(13)3)26-21(9)22(10)28-27-20(8)16(4)17(5)23(11)29(27)31-30(28)24(26)12/h1-12H3. The topological polar surface area (TPSA) is 13.1 Å². The monoisotopic (exact) mass is 412 g/mol. The molecule has 0 N–H and O–H groups in total. The Morgan fingerprint density at radius 1 is 0.290 bits per heavy atom. The maximum absolute atomic E-state index is 6.69. The van der Waals surface area contributed by atoms with Crippen molar-refractivity contribution >= 4 is 21.9 Å². The molecule has 3 aromatic carbocycles. The largest absolute Gasteiger partial charge is 0.455 e. The van der Waals surface area contributed by atoms with Crippen LogP contribution in [0, 0.1) is 83.1 Å². The van der Waals surface area contributed by atoms with Gasteiger partial charge < -0.3 is 4.42 Å². The van der Waals surface area contributed by atoms with E-state index < -0.39 is 0 Å². The summed E-state index contributed by atoms with van der Waals surface area (Å²) < 4.78 is 6.69. The summed E-state index contributed by atoms with van der Waals surface area (Å²) in [6, 6.07) is 0. The van der Waals surface area contributed by atoms with Crippen LogP contribution in [-0.4, -0.2) is 0 Å². The minimum Gasteiger partial charge on any atom is -0.455 e. The molecule has 31 heavy (non-hydrogen) atoms. The first-order valence-corrected chi connectivity index (χ1v) is 11.4. The first-order valence-electron chi connectivity index (χ1n) is 11.4. The van der Waals surface area contributed by atoms with Gasteiger partial charge >= 0.3 is 0 Å². The molecule has 0 atom stereocenters. The van der Waals surface area contributed by atoms with Gasteiger partial charge in [0.25, 0.3) is 0 Å². The van der Waals surface area contributed by atoms with Crippen LogP contribution in [0.4, 0.5) is 0 Å². The summed E-state index contributed by atoms with van der Waals surface area (Å²) in [5, 5.41) is 2.60. The molecule has 0 unspecified atom stereocenters. The third-order valence-corrected chi connectivity index (χ3v) is 8.59. The molecule has 4 rings (SSSR count).